The van der Waals surface area contributed by atoms with Gasteiger partial charge < -0.3 is 9.84 Å². The normalized spacial score (nSPS) is 25.3. The fraction of sp³-hybridized carbons (Fsp3) is 0.400. The minimum Gasteiger partial charge on any atom is -0.393 e. The molecule has 1 aliphatic heterocycles. The molecule has 2 N–H and O–H groups in total. The molecule has 9 heteroatoms. The van der Waals surface area contributed by atoms with Gasteiger partial charge in [-0.15, -0.1) is 0 Å². The molecule has 2 atom stereocenters. The first-order chi connectivity index (χ1) is 9.01. The van der Waals surface area contributed by atoms with E-state index in [0.717, 1.165) is 4.57 Å². The number of aromatic amines is 1. The fourth-order valence-corrected chi connectivity index (χ4v) is 1.70. The molecule has 0 spiro atoms. The van der Waals surface area contributed by atoms with Crippen LogP contribution < -0.4 is 11.2 Å². The van der Waals surface area contributed by atoms with Crippen molar-refractivity contribution in [2.24, 2.45) is 5.11 Å². The number of nitrogens with one attached hydrogen (secondary N) is 1. The second-order valence-electron chi connectivity index (χ2n) is 4.04. The summed E-state index contributed by atoms with van der Waals surface area (Å²) < 4.78 is 6.50. The van der Waals surface area contributed by atoms with Crippen LogP contribution >= 0.6 is 0 Å². The van der Waals surface area contributed by atoms with Crippen LogP contribution in [0.15, 0.2) is 33.1 Å². The van der Waals surface area contributed by atoms with E-state index in [1.807, 2.05) is 0 Å². The zero-order valence-electron chi connectivity index (χ0n) is 9.98. The van der Waals surface area contributed by atoms with Crippen LogP contribution in [-0.2, 0) is 4.74 Å². The van der Waals surface area contributed by atoms with E-state index in [-0.39, 0.29) is 0 Å². The lowest BCUT2D eigenvalue weighted by molar-refractivity contribution is -0.0799. The molecule has 0 aromatic carbocycles. The van der Waals surface area contributed by atoms with E-state index in [4.69, 9.17) is 10.3 Å². The van der Waals surface area contributed by atoms with Crippen molar-refractivity contribution < 1.29 is 9.84 Å². The number of aliphatic hydroxyl groups excluding tert-OH is 1. The van der Waals surface area contributed by atoms with E-state index in [9.17, 15) is 14.7 Å². The Hall–Kier alpha value is -2.35. The first-order valence-electron chi connectivity index (χ1n) is 5.38. The van der Waals surface area contributed by atoms with Gasteiger partial charge in [-0.25, -0.2) is 4.79 Å². The quantitative estimate of drug-likeness (QED) is 0.342. The second-order valence-corrected chi connectivity index (χ2v) is 4.04. The molecule has 1 aromatic rings. The van der Waals surface area contributed by atoms with Crippen molar-refractivity contribution in [1.82, 2.24) is 9.55 Å². The highest BCUT2D eigenvalue weighted by molar-refractivity contribution is 5.11. The molecule has 0 unspecified atom stereocenters. The SMILES string of the molecule is Cc1cn([C@H]2C=C[C@](CO)(N=[N+]=[N-])O2)c(=O)[nH]c1=O. The van der Waals surface area contributed by atoms with Gasteiger partial charge in [0.2, 0.25) is 0 Å². The van der Waals surface area contributed by atoms with Gasteiger partial charge in [0.1, 0.15) is 0 Å². The predicted molar refractivity (Wildman–Crippen MR) is 64.3 cm³/mol. The predicted octanol–water partition coefficient (Wildman–Crippen LogP) is -0.0711. The molecule has 0 fully saturated rings. The van der Waals surface area contributed by atoms with Crippen LogP contribution in [0.5, 0.6) is 0 Å². The van der Waals surface area contributed by atoms with Gasteiger partial charge in [-0.2, -0.15) is 0 Å². The first kappa shape index (κ1) is 13.1. The number of ether oxygens (including phenoxy) is 1. The number of hydrogen-bond donors (Lipinski definition) is 2. The zero-order chi connectivity index (χ0) is 14.0. The van der Waals surface area contributed by atoms with Crippen LogP contribution in [0, 0.1) is 6.92 Å². The average molecular weight is 265 g/mol. The van der Waals surface area contributed by atoms with Crippen molar-refractivity contribution in [3.63, 3.8) is 0 Å². The summed E-state index contributed by atoms with van der Waals surface area (Å²) in [5.41, 5.74) is 6.11. The molecule has 0 saturated heterocycles. The van der Waals surface area contributed by atoms with Gasteiger partial charge in [0.25, 0.3) is 5.56 Å². The van der Waals surface area contributed by atoms with E-state index in [1.165, 1.54) is 18.3 Å². The fourth-order valence-electron chi connectivity index (χ4n) is 1.70. The third-order valence-corrected chi connectivity index (χ3v) is 2.71. The highest BCUT2D eigenvalue weighted by Gasteiger charge is 2.35. The van der Waals surface area contributed by atoms with E-state index in [2.05, 4.69) is 15.0 Å². The molecule has 19 heavy (non-hydrogen) atoms. The maximum Gasteiger partial charge on any atom is 0.330 e. The third-order valence-electron chi connectivity index (χ3n) is 2.71. The lowest BCUT2D eigenvalue weighted by Crippen LogP contribution is -2.36. The molecular weight excluding hydrogens is 254 g/mol. The Morgan fingerprint density at radius 1 is 1.68 bits per heavy atom. The summed E-state index contributed by atoms with van der Waals surface area (Å²) in [7, 11) is 0. The summed E-state index contributed by atoms with van der Waals surface area (Å²) in [5, 5.41) is 12.5. The smallest absolute Gasteiger partial charge is 0.330 e. The first-order valence-corrected chi connectivity index (χ1v) is 5.38. The van der Waals surface area contributed by atoms with Crippen LogP contribution in [0.1, 0.15) is 11.8 Å². The minimum absolute atomic E-state index is 0.335. The molecule has 100 valence electrons. The summed E-state index contributed by atoms with van der Waals surface area (Å²) in [4.78, 5) is 27.6. The Morgan fingerprint density at radius 2 is 2.42 bits per heavy atom. The molecule has 2 rings (SSSR count). The molecule has 0 saturated carbocycles. The van der Waals surface area contributed by atoms with Gasteiger partial charge in [0.05, 0.1) is 6.61 Å². The highest BCUT2D eigenvalue weighted by atomic mass is 16.6. The Kier molecular flexibility index (Phi) is 3.26. The number of H-pyrrole nitrogens is 1. The van der Waals surface area contributed by atoms with Crippen LogP contribution in [-0.4, -0.2) is 27.0 Å². The summed E-state index contributed by atoms with van der Waals surface area (Å²) in [6.07, 6.45) is 3.30. The number of nitrogens with zero attached hydrogens (tertiary/aromatic N) is 4. The largest absolute Gasteiger partial charge is 0.393 e. The molecule has 9 nitrogen and oxygen atoms in total. The summed E-state index contributed by atoms with van der Waals surface area (Å²) >= 11 is 0. The van der Waals surface area contributed by atoms with Crippen LogP contribution in [0.3, 0.4) is 0 Å². The molecule has 1 aromatic heterocycles. The van der Waals surface area contributed by atoms with Gasteiger partial charge >= 0.3 is 5.69 Å². The van der Waals surface area contributed by atoms with Gasteiger partial charge in [0, 0.05) is 16.7 Å². The van der Waals surface area contributed by atoms with Crippen molar-refractivity contribution in [2.45, 2.75) is 18.9 Å². The maximum atomic E-state index is 11.7. The van der Waals surface area contributed by atoms with Gasteiger partial charge in [-0.3, -0.25) is 14.3 Å². The van der Waals surface area contributed by atoms with Crippen molar-refractivity contribution in [2.75, 3.05) is 6.61 Å². The Labute approximate surface area is 106 Å². The van der Waals surface area contributed by atoms with Crippen LogP contribution in [0.25, 0.3) is 10.4 Å². The molecule has 0 radical (unpaired) electrons. The standard InChI is InChI=1S/C10H11N5O4/c1-6-4-15(9(18)12-8(6)17)7-2-3-10(5-16,19-7)13-14-11/h2-4,7,16H,5H2,1H3,(H,12,17,18)/t7-,10+/m1/s1. The monoisotopic (exact) mass is 265 g/mol. The van der Waals surface area contributed by atoms with E-state index in [1.54, 1.807) is 6.92 Å². The Morgan fingerprint density at radius 3 is 3.05 bits per heavy atom. The molecule has 2 heterocycles. The van der Waals surface area contributed by atoms with Gasteiger partial charge in [0.15, 0.2) is 12.0 Å². The van der Waals surface area contributed by atoms with E-state index >= 15 is 0 Å². The minimum atomic E-state index is -1.52. The van der Waals surface area contributed by atoms with Crippen molar-refractivity contribution >= 4 is 0 Å². The number of aryl methyl sites for hydroxylation is 1. The van der Waals surface area contributed by atoms with Crippen LogP contribution in [0.4, 0.5) is 0 Å². The highest BCUT2D eigenvalue weighted by Crippen LogP contribution is 2.29. The van der Waals surface area contributed by atoms with Crippen molar-refractivity contribution in [3.05, 3.63) is 55.2 Å². The molecule has 1 aliphatic rings. The Bertz CT molecular complexity index is 684. The van der Waals surface area contributed by atoms with Gasteiger partial charge in [-0.05, 0) is 24.6 Å². The Balaban J connectivity index is 2.40. The molecule has 0 aliphatic carbocycles. The zero-order valence-corrected chi connectivity index (χ0v) is 9.98. The van der Waals surface area contributed by atoms with Crippen molar-refractivity contribution in [1.29, 1.82) is 0 Å². The summed E-state index contributed by atoms with van der Waals surface area (Å²) in [6.45, 7) is 0.987. The number of hydrogen-bond acceptors (Lipinski definition) is 5. The number of aliphatic hydroxyl groups is 1. The van der Waals surface area contributed by atoms with E-state index in [0.29, 0.717) is 5.56 Å². The number of azide groups is 1. The average Bonchev–Trinajstić information content (AvgIpc) is 2.79. The van der Waals surface area contributed by atoms with Gasteiger partial charge in [-0.1, -0.05) is 5.11 Å². The summed E-state index contributed by atoms with van der Waals surface area (Å²) in [5.74, 6) is 0. The molecule has 0 bridgehead atoms. The third kappa shape index (κ3) is 2.29. The van der Waals surface area contributed by atoms with Crippen LogP contribution in [0.2, 0.25) is 0 Å². The number of rotatable bonds is 3. The lowest BCUT2D eigenvalue weighted by Gasteiger charge is -2.22. The number of aromatic nitrogens is 2. The van der Waals surface area contributed by atoms with Crippen molar-refractivity contribution in [3.8, 4) is 0 Å². The second kappa shape index (κ2) is 4.73. The summed E-state index contributed by atoms with van der Waals surface area (Å²) in [6, 6.07) is 0. The molecular formula is C10H11N5O4. The lowest BCUT2D eigenvalue weighted by atomic mass is 10.2. The maximum absolute atomic E-state index is 11.7. The van der Waals surface area contributed by atoms with E-state index < -0.39 is 29.8 Å². The topological polar surface area (TPSA) is 133 Å². The molecule has 0 amide bonds.